The van der Waals surface area contributed by atoms with Gasteiger partial charge in [-0.2, -0.15) is 0 Å². The van der Waals surface area contributed by atoms with Crippen LogP contribution < -0.4 is 22.1 Å². The van der Waals surface area contributed by atoms with Crippen molar-refractivity contribution in [3.8, 4) is 0 Å². The highest BCUT2D eigenvalue weighted by atomic mass is 16.2. The Balaban J connectivity index is 2.19. The van der Waals surface area contributed by atoms with Crippen LogP contribution in [0.4, 0.5) is 0 Å². The topological polar surface area (TPSA) is 120 Å². The third-order valence-corrected chi connectivity index (χ3v) is 3.95. The van der Waals surface area contributed by atoms with E-state index < -0.39 is 6.04 Å². The van der Waals surface area contributed by atoms with Crippen LogP contribution >= 0.6 is 0 Å². The number of hydrogen-bond acceptors (Lipinski definition) is 4. The van der Waals surface area contributed by atoms with Crippen molar-refractivity contribution in [1.82, 2.24) is 15.5 Å². The fourth-order valence-corrected chi connectivity index (χ4v) is 2.54. The summed E-state index contributed by atoms with van der Waals surface area (Å²) in [7, 11) is 0. The number of amides is 1. The Morgan fingerprint density at radius 2 is 2.00 bits per heavy atom. The number of nitrogens with zero attached hydrogens (tertiary/aromatic N) is 1. The summed E-state index contributed by atoms with van der Waals surface area (Å²) in [6.07, 6.45) is 3.29. The normalized spacial score (nSPS) is 18.5. The summed E-state index contributed by atoms with van der Waals surface area (Å²) < 4.78 is 0. The van der Waals surface area contributed by atoms with E-state index in [2.05, 4.69) is 29.4 Å². The minimum absolute atomic E-state index is 0.0510. The number of hydrogen-bond donors (Lipinski definition) is 5. The van der Waals surface area contributed by atoms with E-state index in [-0.39, 0.29) is 17.9 Å². The molecule has 7 heteroatoms. The van der Waals surface area contributed by atoms with Gasteiger partial charge in [-0.05, 0) is 39.5 Å². The largest absolute Gasteiger partial charge is 0.370 e. The van der Waals surface area contributed by atoms with Crippen molar-refractivity contribution in [2.24, 2.45) is 11.5 Å². The number of likely N-dealkylation sites (tertiary alicyclic amines) is 1. The average Bonchev–Trinajstić information content (AvgIpc) is 2.43. The van der Waals surface area contributed by atoms with Gasteiger partial charge in [0, 0.05) is 31.7 Å². The van der Waals surface area contributed by atoms with Gasteiger partial charge in [-0.25, -0.2) is 0 Å². The predicted molar refractivity (Wildman–Crippen MR) is 85.0 cm³/mol. The average molecular weight is 298 g/mol. The minimum Gasteiger partial charge on any atom is -0.370 e. The summed E-state index contributed by atoms with van der Waals surface area (Å²) >= 11 is 0. The maximum Gasteiger partial charge on any atom is 0.237 e. The Bertz CT molecular complexity index is 338. The first kappa shape index (κ1) is 17.7. The quantitative estimate of drug-likeness (QED) is 0.248. The molecule has 7 nitrogen and oxygen atoms in total. The summed E-state index contributed by atoms with van der Waals surface area (Å²) in [5, 5.41) is 12.8. The first-order valence-corrected chi connectivity index (χ1v) is 7.78. The van der Waals surface area contributed by atoms with Gasteiger partial charge in [-0.15, -0.1) is 0 Å². The molecule has 1 saturated heterocycles. The zero-order valence-electron chi connectivity index (χ0n) is 13.2. The Kier molecular flexibility index (Phi) is 7.45. The molecule has 122 valence electrons. The molecular formula is C14H30N6O. The van der Waals surface area contributed by atoms with Gasteiger partial charge in [0.2, 0.25) is 5.91 Å². The monoisotopic (exact) mass is 298 g/mol. The van der Waals surface area contributed by atoms with Gasteiger partial charge in [0.15, 0.2) is 5.96 Å². The molecule has 0 unspecified atom stereocenters. The highest BCUT2D eigenvalue weighted by molar-refractivity contribution is 5.81. The second-order valence-corrected chi connectivity index (χ2v) is 6.00. The molecule has 0 aromatic carbocycles. The molecule has 0 saturated carbocycles. The molecule has 1 atom stereocenters. The molecule has 0 aliphatic carbocycles. The van der Waals surface area contributed by atoms with Crippen LogP contribution in [-0.4, -0.2) is 54.5 Å². The number of nitrogens with two attached hydrogens (primary N) is 2. The summed E-state index contributed by atoms with van der Waals surface area (Å²) in [5.41, 5.74) is 11.1. The van der Waals surface area contributed by atoms with Crippen LogP contribution in [-0.2, 0) is 4.79 Å². The minimum atomic E-state index is -0.484. The smallest absolute Gasteiger partial charge is 0.237 e. The molecule has 21 heavy (non-hydrogen) atoms. The van der Waals surface area contributed by atoms with Gasteiger partial charge in [0.25, 0.3) is 0 Å². The number of carbonyl (C=O) groups excluding carboxylic acids is 1. The number of piperidine rings is 1. The fourth-order valence-electron chi connectivity index (χ4n) is 2.54. The lowest BCUT2D eigenvalue weighted by Crippen LogP contribution is -2.50. The molecule has 0 aromatic rings. The van der Waals surface area contributed by atoms with E-state index in [0.717, 1.165) is 32.4 Å². The Morgan fingerprint density at radius 3 is 2.52 bits per heavy atom. The van der Waals surface area contributed by atoms with Crippen molar-refractivity contribution in [2.75, 3.05) is 19.6 Å². The fraction of sp³-hybridized carbons (Fsp3) is 0.857. The lowest BCUT2D eigenvalue weighted by Gasteiger charge is -2.35. The molecule has 1 amide bonds. The molecule has 1 heterocycles. The van der Waals surface area contributed by atoms with Crippen LogP contribution in [0.1, 0.15) is 39.5 Å². The lowest BCUT2D eigenvalue weighted by atomic mass is 10.0. The molecule has 0 spiro atoms. The molecular weight excluding hydrogens is 268 g/mol. The van der Waals surface area contributed by atoms with Crippen LogP contribution in [0.5, 0.6) is 0 Å². The third kappa shape index (κ3) is 6.77. The number of carbonyl (C=O) groups is 1. The number of guanidine groups is 1. The molecule has 0 radical (unpaired) electrons. The van der Waals surface area contributed by atoms with Crippen molar-refractivity contribution in [1.29, 1.82) is 5.41 Å². The first-order chi connectivity index (χ1) is 9.90. The van der Waals surface area contributed by atoms with E-state index in [0.29, 0.717) is 19.0 Å². The molecule has 1 rings (SSSR count). The van der Waals surface area contributed by atoms with E-state index in [1.54, 1.807) is 0 Å². The van der Waals surface area contributed by atoms with Gasteiger partial charge in [-0.3, -0.25) is 10.2 Å². The second-order valence-electron chi connectivity index (χ2n) is 6.00. The molecule has 7 N–H and O–H groups in total. The Morgan fingerprint density at radius 1 is 1.38 bits per heavy atom. The highest BCUT2D eigenvalue weighted by Crippen LogP contribution is 2.13. The van der Waals surface area contributed by atoms with Crippen molar-refractivity contribution in [3.05, 3.63) is 0 Å². The van der Waals surface area contributed by atoms with Gasteiger partial charge in [0.05, 0.1) is 6.04 Å². The van der Waals surface area contributed by atoms with Crippen LogP contribution in [0.2, 0.25) is 0 Å². The number of nitrogens with one attached hydrogen (secondary N) is 3. The summed E-state index contributed by atoms with van der Waals surface area (Å²) in [6, 6.07) is 0.327. The lowest BCUT2D eigenvalue weighted by molar-refractivity contribution is -0.123. The SMILES string of the molecule is CC(C)N1CCC(NC(=O)[C@@H](N)CCCNC(=N)N)CC1. The van der Waals surface area contributed by atoms with Crippen molar-refractivity contribution < 1.29 is 4.79 Å². The van der Waals surface area contributed by atoms with Gasteiger partial charge >= 0.3 is 0 Å². The highest BCUT2D eigenvalue weighted by Gasteiger charge is 2.23. The Labute approximate surface area is 127 Å². The summed E-state index contributed by atoms with van der Waals surface area (Å²) in [6.45, 7) is 7.03. The van der Waals surface area contributed by atoms with Gasteiger partial charge in [-0.1, -0.05) is 0 Å². The van der Waals surface area contributed by atoms with E-state index in [1.165, 1.54) is 0 Å². The van der Waals surface area contributed by atoms with Crippen LogP contribution in [0.25, 0.3) is 0 Å². The Hall–Kier alpha value is -1.34. The van der Waals surface area contributed by atoms with Crippen LogP contribution in [0.15, 0.2) is 0 Å². The van der Waals surface area contributed by atoms with Crippen LogP contribution in [0, 0.1) is 5.41 Å². The molecule has 1 aliphatic rings. The van der Waals surface area contributed by atoms with Crippen molar-refractivity contribution in [2.45, 2.75) is 57.7 Å². The second kappa shape index (κ2) is 8.84. The predicted octanol–water partition coefficient (Wildman–Crippen LogP) is -0.434. The molecule has 0 aromatic heterocycles. The van der Waals surface area contributed by atoms with Gasteiger partial charge in [0.1, 0.15) is 0 Å². The third-order valence-electron chi connectivity index (χ3n) is 3.95. The standard InChI is InChI=1S/C14H30N6O/c1-10(2)20-8-5-11(6-9-20)19-13(21)12(15)4-3-7-18-14(16)17/h10-12H,3-9,15H2,1-2H3,(H,19,21)(H4,16,17,18)/t12-/m0/s1. The molecule has 1 aliphatic heterocycles. The molecule has 1 fully saturated rings. The first-order valence-electron chi connectivity index (χ1n) is 7.78. The van der Waals surface area contributed by atoms with Gasteiger partial charge < -0.3 is 27.0 Å². The zero-order valence-corrected chi connectivity index (χ0v) is 13.2. The summed E-state index contributed by atoms with van der Waals surface area (Å²) in [5.74, 6) is -0.120. The molecule has 0 bridgehead atoms. The maximum atomic E-state index is 12.0. The maximum absolute atomic E-state index is 12.0. The van der Waals surface area contributed by atoms with E-state index >= 15 is 0 Å². The summed E-state index contributed by atoms with van der Waals surface area (Å²) in [4.78, 5) is 14.4. The van der Waals surface area contributed by atoms with E-state index in [4.69, 9.17) is 16.9 Å². The van der Waals surface area contributed by atoms with Crippen molar-refractivity contribution in [3.63, 3.8) is 0 Å². The van der Waals surface area contributed by atoms with E-state index in [9.17, 15) is 4.79 Å². The van der Waals surface area contributed by atoms with Crippen LogP contribution in [0.3, 0.4) is 0 Å². The zero-order chi connectivity index (χ0) is 15.8. The number of rotatable bonds is 7. The van der Waals surface area contributed by atoms with E-state index in [1.807, 2.05) is 0 Å². The van der Waals surface area contributed by atoms with Crippen molar-refractivity contribution >= 4 is 11.9 Å².